The first-order chi connectivity index (χ1) is 12.0. The minimum atomic E-state index is -0.446. The topological polar surface area (TPSA) is 55.2 Å². The number of halogens is 3. The molecule has 128 valence electrons. The molecule has 0 bridgehead atoms. The van der Waals surface area contributed by atoms with Gasteiger partial charge in [0.25, 0.3) is 5.69 Å². The number of rotatable bonds is 2. The van der Waals surface area contributed by atoms with Crippen LogP contribution in [0.3, 0.4) is 0 Å². The minimum Gasteiger partial charge on any atom is -0.375 e. The lowest BCUT2D eigenvalue weighted by Crippen LogP contribution is -2.30. The van der Waals surface area contributed by atoms with Gasteiger partial charge in [0, 0.05) is 33.1 Å². The Morgan fingerprint density at radius 1 is 1.28 bits per heavy atom. The van der Waals surface area contributed by atoms with Crippen LogP contribution in [0.1, 0.15) is 29.5 Å². The standard InChI is InChI=1S/C18H13BrClFN2O2/c19-9-6-13-11-2-1-3-12(11)17(22-18(13)16(21)7-9)14-8-10(23(24)25)4-5-15(14)20/h1-2,4-8,11-12,17,22H,3H2/t11-,12+,17-/m1/s1. The predicted molar refractivity (Wildman–Crippen MR) is 98.6 cm³/mol. The molecule has 2 aliphatic rings. The van der Waals surface area contributed by atoms with E-state index in [4.69, 9.17) is 11.6 Å². The van der Waals surface area contributed by atoms with E-state index in [-0.39, 0.29) is 29.4 Å². The lowest BCUT2D eigenvalue weighted by atomic mass is 9.77. The SMILES string of the molecule is O=[N+]([O-])c1ccc(Cl)c([C@@H]2Nc3c(F)cc(Br)cc3[C@@H]3C=CC[C@@H]32)c1. The predicted octanol–water partition coefficient (Wildman–Crippen LogP) is 5.98. The molecule has 0 unspecified atom stereocenters. The summed E-state index contributed by atoms with van der Waals surface area (Å²) in [7, 11) is 0. The molecular weight excluding hydrogens is 411 g/mol. The molecule has 0 radical (unpaired) electrons. The fourth-order valence-electron chi connectivity index (χ4n) is 3.81. The lowest BCUT2D eigenvalue weighted by molar-refractivity contribution is -0.384. The second-order valence-corrected chi connectivity index (χ2v) is 7.61. The Labute approximate surface area is 157 Å². The fraction of sp³-hybridized carbons (Fsp3) is 0.222. The van der Waals surface area contributed by atoms with E-state index in [1.807, 2.05) is 6.07 Å². The largest absolute Gasteiger partial charge is 0.375 e. The highest BCUT2D eigenvalue weighted by Crippen LogP contribution is 2.52. The Kier molecular flexibility index (Phi) is 4.04. The van der Waals surface area contributed by atoms with Crippen molar-refractivity contribution in [2.24, 2.45) is 5.92 Å². The molecule has 2 aromatic carbocycles. The van der Waals surface area contributed by atoms with Gasteiger partial charge in [0.05, 0.1) is 16.7 Å². The van der Waals surface area contributed by atoms with Gasteiger partial charge in [-0.1, -0.05) is 39.7 Å². The molecule has 4 nitrogen and oxygen atoms in total. The van der Waals surface area contributed by atoms with E-state index < -0.39 is 4.92 Å². The highest BCUT2D eigenvalue weighted by molar-refractivity contribution is 9.10. The van der Waals surface area contributed by atoms with Gasteiger partial charge < -0.3 is 5.32 Å². The molecule has 0 fully saturated rings. The highest BCUT2D eigenvalue weighted by Gasteiger charge is 2.40. The van der Waals surface area contributed by atoms with Gasteiger partial charge in [-0.15, -0.1) is 0 Å². The number of allylic oxidation sites excluding steroid dienone is 2. The van der Waals surface area contributed by atoms with Crippen molar-refractivity contribution in [3.8, 4) is 0 Å². The van der Waals surface area contributed by atoms with E-state index >= 15 is 0 Å². The van der Waals surface area contributed by atoms with Gasteiger partial charge in [-0.2, -0.15) is 0 Å². The van der Waals surface area contributed by atoms with Crippen LogP contribution in [0.2, 0.25) is 5.02 Å². The molecule has 3 atom stereocenters. The van der Waals surface area contributed by atoms with Gasteiger partial charge in [-0.3, -0.25) is 10.1 Å². The third-order valence-corrected chi connectivity index (χ3v) is 5.71. The van der Waals surface area contributed by atoms with Crippen LogP contribution < -0.4 is 5.32 Å². The van der Waals surface area contributed by atoms with Crippen molar-refractivity contribution in [3.63, 3.8) is 0 Å². The van der Waals surface area contributed by atoms with Gasteiger partial charge >= 0.3 is 0 Å². The molecule has 7 heteroatoms. The lowest BCUT2D eigenvalue weighted by Gasteiger charge is -2.38. The first kappa shape index (κ1) is 16.5. The maximum atomic E-state index is 14.5. The molecule has 1 heterocycles. The molecule has 1 aliphatic carbocycles. The molecule has 1 N–H and O–H groups in total. The van der Waals surface area contributed by atoms with E-state index in [2.05, 4.69) is 33.4 Å². The summed E-state index contributed by atoms with van der Waals surface area (Å²) in [4.78, 5) is 10.7. The molecule has 25 heavy (non-hydrogen) atoms. The summed E-state index contributed by atoms with van der Waals surface area (Å²) in [6.07, 6.45) is 4.95. The van der Waals surface area contributed by atoms with Crippen molar-refractivity contribution in [3.05, 3.63) is 79.0 Å². The Hall–Kier alpha value is -1.92. The van der Waals surface area contributed by atoms with Gasteiger partial charge in [0.2, 0.25) is 0 Å². The summed E-state index contributed by atoms with van der Waals surface area (Å²) in [5.41, 5.74) is 1.93. The average Bonchev–Trinajstić information content (AvgIpc) is 3.05. The summed E-state index contributed by atoms with van der Waals surface area (Å²) in [6, 6.07) is 7.43. The smallest absolute Gasteiger partial charge is 0.269 e. The van der Waals surface area contributed by atoms with Gasteiger partial charge in [0.15, 0.2) is 0 Å². The van der Waals surface area contributed by atoms with Crippen molar-refractivity contribution in [2.75, 3.05) is 5.32 Å². The summed E-state index contributed by atoms with van der Waals surface area (Å²) >= 11 is 9.68. The molecule has 0 spiro atoms. The average molecular weight is 424 g/mol. The Morgan fingerprint density at radius 2 is 2.08 bits per heavy atom. The van der Waals surface area contributed by atoms with Crippen molar-refractivity contribution < 1.29 is 9.31 Å². The number of hydrogen-bond donors (Lipinski definition) is 1. The third kappa shape index (κ3) is 2.73. The number of benzene rings is 2. The monoisotopic (exact) mass is 422 g/mol. The second-order valence-electron chi connectivity index (χ2n) is 6.29. The van der Waals surface area contributed by atoms with Gasteiger partial charge in [0.1, 0.15) is 5.82 Å². The number of anilines is 1. The van der Waals surface area contributed by atoms with Crippen molar-refractivity contribution in [2.45, 2.75) is 18.4 Å². The van der Waals surface area contributed by atoms with Crippen LogP contribution in [0.4, 0.5) is 15.8 Å². The van der Waals surface area contributed by atoms with E-state index in [0.717, 1.165) is 12.0 Å². The number of non-ortho nitro benzene ring substituents is 1. The molecule has 1 aliphatic heterocycles. The molecule has 0 saturated carbocycles. The van der Waals surface area contributed by atoms with Gasteiger partial charge in [-0.25, -0.2) is 4.39 Å². The fourth-order valence-corrected chi connectivity index (χ4v) is 4.49. The van der Waals surface area contributed by atoms with Crippen LogP contribution in [0.15, 0.2) is 47.0 Å². The van der Waals surface area contributed by atoms with Crippen LogP contribution in [0, 0.1) is 21.8 Å². The van der Waals surface area contributed by atoms with E-state index in [1.54, 1.807) is 0 Å². The van der Waals surface area contributed by atoms with Crippen molar-refractivity contribution in [1.82, 2.24) is 0 Å². The van der Waals surface area contributed by atoms with E-state index in [1.165, 1.54) is 24.3 Å². The van der Waals surface area contributed by atoms with Crippen LogP contribution in [0.25, 0.3) is 0 Å². The molecule has 0 aromatic heterocycles. The Morgan fingerprint density at radius 3 is 2.84 bits per heavy atom. The summed E-state index contributed by atoms with van der Waals surface area (Å²) in [5, 5.41) is 14.8. The minimum absolute atomic E-state index is 0.0224. The molecular formula is C18H13BrClFN2O2. The number of nitrogens with one attached hydrogen (secondary N) is 1. The van der Waals surface area contributed by atoms with Crippen LogP contribution in [0.5, 0.6) is 0 Å². The van der Waals surface area contributed by atoms with Crippen LogP contribution >= 0.6 is 27.5 Å². The second kappa shape index (κ2) is 6.11. The van der Waals surface area contributed by atoms with Crippen LogP contribution in [-0.4, -0.2) is 4.92 Å². The van der Waals surface area contributed by atoms with Crippen molar-refractivity contribution in [1.29, 1.82) is 0 Å². The molecule has 0 amide bonds. The zero-order valence-electron chi connectivity index (χ0n) is 12.9. The number of nitro benzene ring substituents is 1. The first-order valence-electron chi connectivity index (χ1n) is 7.81. The maximum Gasteiger partial charge on any atom is 0.269 e. The maximum absolute atomic E-state index is 14.5. The quantitative estimate of drug-likeness (QED) is 0.367. The molecule has 2 aromatic rings. The van der Waals surface area contributed by atoms with Crippen molar-refractivity contribution >= 4 is 38.9 Å². The number of nitro groups is 1. The summed E-state index contributed by atoms with van der Waals surface area (Å²) in [6.45, 7) is 0. The highest BCUT2D eigenvalue weighted by atomic mass is 79.9. The summed E-state index contributed by atoms with van der Waals surface area (Å²) in [5.74, 6) is -0.182. The third-order valence-electron chi connectivity index (χ3n) is 4.91. The zero-order chi connectivity index (χ0) is 17.7. The molecule has 0 saturated heterocycles. The van der Waals surface area contributed by atoms with E-state index in [9.17, 15) is 14.5 Å². The normalized spacial score (nSPS) is 23.7. The molecule has 4 rings (SSSR count). The first-order valence-corrected chi connectivity index (χ1v) is 8.99. The number of nitrogens with zero attached hydrogens (tertiary/aromatic N) is 1. The summed E-state index contributed by atoms with van der Waals surface area (Å²) < 4.78 is 15.2. The van der Waals surface area contributed by atoms with Crippen LogP contribution in [-0.2, 0) is 0 Å². The Bertz CT molecular complexity index is 918. The number of hydrogen-bond acceptors (Lipinski definition) is 3. The van der Waals surface area contributed by atoms with Gasteiger partial charge in [-0.05, 0) is 36.1 Å². The zero-order valence-corrected chi connectivity index (χ0v) is 15.2. The Balaban J connectivity index is 1.85. The number of fused-ring (bicyclic) bond motifs is 3. The van der Waals surface area contributed by atoms with E-state index in [0.29, 0.717) is 20.7 Å².